The van der Waals surface area contributed by atoms with Crippen LogP contribution in [0.3, 0.4) is 0 Å². The largest absolute Gasteiger partial charge is 0.393 e. The molecule has 0 aliphatic heterocycles. The Labute approximate surface area is 83.4 Å². The van der Waals surface area contributed by atoms with Gasteiger partial charge in [-0.3, -0.25) is 4.98 Å². The molecule has 0 bridgehead atoms. The average molecular weight is 196 g/mol. The average Bonchev–Trinajstić information content (AvgIpc) is 2.01. The Kier molecular flexibility index (Phi) is 3.64. The van der Waals surface area contributed by atoms with Gasteiger partial charge in [0, 0.05) is 6.04 Å². The molecule has 0 saturated carbocycles. The van der Waals surface area contributed by atoms with E-state index < -0.39 is 0 Å². The first kappa shape index (κ1) is 10.7. The second kappa shape index (κ2) is 4.76. The molecule has 0 spiro atoms. The Morgan fingerprint density at radius 3 is 2.79 bits per heavy atom. The van der Waals surface area contributed by atoms with Gasteiger partial charge >= 0.3 is 0 Å². The Balaban J connectivity index is 2.51. The predicted octanol–water partition coefficient (Wildman–Crippen LogP) is 0.630. The summed E-state index contributed by atoms with van der Waals surface area (Å²) < 4.78 is 0. The number of nitrogens with two attached hydrogens (primary N) is 1. The molecule has 0 radical (unpaired) electrons. The molecule has 2 unspecified atom stereocenters. The molecule has 0 aromatic carbocycles. The van der Waals surface area contributed by atoms with E-state index in [9.17, 15) is 0 Å². The highest BCUT2D eigenvalue weighted by Gasteiger charge is 2.06. The lowest BCUT2D eigenvalue weighted by molar-refractivity contribution is 0.179. The van der Waals surface area contributed by atoms with Crippen LogP contribution in [-0.2, 0) is 0 Å². The van der Waals surface area contributed by atoms with Crippen molar-refractivity contribution in [3.05, 3.63) is 12.4 Å². The van der Waals surface area contributed by atoms with Crippen molar-refractivity contribution in [2.75, 3.05) is 11.1 Å². The summed E-state index contributed by atoms with van der Waals surface area (Å²) in [4.78, 5) is 7.95. The van der Waals surface area contributed by atoms with Gasteiger partial charge in [0.05, 0.1) is 18.5 Å². The SMILES string of the molecule is CC(O)CC(C)Nc1cncc(N)n1. The van der Waals surface area contributed by atoms with E-state index in [1.807, 2.05) is 6.92 Å². The van der Waals surface area contributed by atoms with Gasteiger partial charge in [-0.15, -0.1) is 0 Å². The number of aliphatic hydroxyl groups excluding tert-OH is 1. The number of aromatic nitrogens is 2. The molecule has 0 amide bonds. The van der Waals surface area contributed by atoms with Crippen LogP contribution in [0.1, 0.15) is 20.3 Å². The summed E-state index contributed by atoms with van der Waals surface area (Å²) in [5.74, 6) is 1.03. The van der Waals surface area contributed by atoms with Crippen molar-refractivity contribution < 1.29 is 5.11 Å². The van der Waals surface area contributed by atoms with Gasteiger partial charge < -0.3 is 16.2 Å². The highest BCUT2D eigenvalue weighted by atomic mass is 16.3. The zero-order chi connectivity index (χ0) is 10.6. The molecule has 1 aromatic heterocycles. The Morgan fingerprint density at radius 2 is 2.21 bits per heavy atom. The molecule has 0 fully saturated rings. The van der Waals surface area contributed by atoms with E-state index in [-0.39, 0.29) is 12.1 Å². The number of anilines is 2. The van der Waals surface area contributed by atoms with E-state index in [1.165, 1.54) is 6.20 Å². The molecule has 14 heavy (non-hydrogen) atoms. The van der Waals surface area contributed by atoms with Crippen molar-refractivity contribution in [2.24, 2.45) is 0 Å². The molecular weight excluding hydrogens is 180 g/mol. The highest BCUT2D eigenvalue weighted by molar-refractivity contribution is 5.38. The molecule has 5 nitrogen and oxygen atoms in total. The second-order valence-electron chi connectivity index (χ2n) is 3.46. The Bertz CT molecular complexity index is 290. The van der Waals surface area contributed by atoms with Crippen LogP contribution < -0.4 is 11.1 Å². The van der Waals surface area contributed by atoms with Gasteiger partial charge in [-0.05, 0) is 20.3 Å². The molecule has 1 aromatic rings. The highest BCUT2D eigenvalue weighted by Crippen LogP contribution is 2.07. The van der Waals surface area contributed by atoms with Crippen molar-refractivity contribution in [3.63, 3.8) is 0 Å². The third-order valence-corrected chi connectivity index (χ3v) is 1.74. The molecule has 1 heterocycles. The first-order chi connectivity index (χ1) is 6.58. The van der Waals surface area contributed by atoms with Crippen molar-refractivity contribution in [1.29, 1.82) is 0 Å². The van der Waals surface area contributed by atoms with Crippen molar-refractivity contribution in [2.45, 2.75) is 32.4 Å². The van der Waals surface area contributed by atoms with Crippen LogP contribution >= 0.6 is 0 Å². The summed E-state index contributed by atoms with van der Waals surface area (Å²) in [6.45, 7) is 3.72. The number of hydrogen-bond acceptors (Lipinski definition) is 5. The van der Waals surface area contributed by atoms with Crippen LogP contribution in [-0.4, -0.2) is 27.2 Å². The van der Waals surface area contributed by atoms with E-state index in [4.69, 9.17) is 10.8 Å². The quantitative estimate of drug-likeness (QED) is 0.657. The van der Waals surface area contributed by atoms with Crippen molar-refractivity contribution >= 4 is 11.6 Å². The lowest BCUT2D eigenvalue weighted by atomic mass is 10.1. The molecule has 4 N–H and O–H groups in total. The number of nitrogens with one attached hydrogen (secondary N) is 1. The van der Waals surface area contributed by atoms with Crippen molar-refractivity contribution in [1.82, 2.24) is 9.97 Å². The van der Waals surface area contributed by atoms with Gasteiger partial charge in [0.15, 0.2) is 0 Å². The zero-order valence-corrected chi connectivity index (χ0v) is 8.44. The third-order valence-electron chi connectivity index (χ3n) is 1.74. The smallest absolute Gasteiger partial charge is 0.147 e. The Morgan fingerprint density at radius 1 is 1.50 bits per heavy atom. The zero-order valence-electron chi connectivity index (χ0n) is 8.44. The molecule has 5 heteroatoms. The van der Waals surface area contributed by atoms with Crippen LogP contribution in [0.15, 0.2) is 12.4 Å². The summed E-state index contributed by atoms with van der Waals surface area (Å²) in [6, 6.07) is 0.145. The fourth-order valence-electron chi connectivity index (χ4n) is 1.27. The van der Waals surface area contributed by atoms with E-state index in [2.05, 4.69) is 15.3 Å². The maximum Gasteiger partial charge on any atom is 0.147 e. The molecule has 0 saturated heterocycles. The van der Waals surface area contributed by atoms with Gasteiger partial charge in [-0.1, -0.05) is 0 Å². The van der Waals surface area contributed by atoms with E-state index in [0.29, 0.717) is 18.1 Å². The summed E-state index contributed by atoms with van der Waals surface area (Å²) in [7, 11) is 0. The minimum Gasteiger partial charge on any atom is -0.393 e. The minimum absolute atomic E-state index is 0.145. The van der Waals surface area contributed by atoms with Gasteiger partial charge in [-0.25, -0.2) is 4.98 Å². The first-order valence-corrected chi connectivity index (χ1v) is 4.60. The predicted molar refractivity (Wildman–Crippen MR) is 55.8 cm³/mol. The molecular formula is C9H16N4O. The third kappa shape index (κ3) is 3.57. The van der Waals surface area contributed by atoms with E-state index >= 15 is 0 Å². The van der Waals surface area contributed by atoms with Gasteiger partial charge in [0.25, 0.3) is 0 Å². The summed E-state index contributed by atoms with van der Waals surface area (Å²) in [5.41, 5.74) is 5.47. The lowest BCUT2D eigenvalue weighted by Crippen LogP contribution is -2.21. The number of hydrogen-bond donors (Lipinski definition) is 3. The van der Waals surface area contributed by atoms with Crippen molar-refractivity contribution in [3.8, 4) is 0 Å². The van der Waals surface area contributed by atoms with Gasteiger partial charge in [0.1, 0.15) is 11.6 Å². The monoisotopic (exact) mass is 196 g/mol. The minimum atomic E-state index is -0.327. The summed E-state index contributed by atoms with van der Waals surface area (Å²) in [5, 5.41) is 12.3. The molecule has 2 atom stereocenters. The summed E-state index contributed by atoms with van der Waals surface area (Å²) >= 11 is 0. The lowest BCUT2D eigenvalue weighted by Gasteiger charge is -2.15. The van der Waals surface area contributed by atoms with Gasteiger partial charge in [0.2, 0.25) is 0 Å². The van der Waals surface area contributed by atoms with Crippen LogP contribution in [0.4, 0.5) is 11.6 Å². The maximum atomic E-state index is 9.15. The molecule has 78 valence electrons. The van der Waals surface area contributed by atoms with E-state index in [0.717, 1.165) is 0 Å². The Hall–Kier alpha value is -1.36. The van der Waals surface area contributed by atoms with Crippen LogP contribution in [0.25, 0.3) is 0 Å². The molecule has 0 aliphatic carbocycles. The number of nitrogen functional groups attached to an aromatic ring is 1. The molecule has 0 aliphatic rings. The molecule has 1 rings (SSSR count). The van der Waals surface area contributed by atoms with E-state index in [1.54, 1.807) is 13.1 Å². The normalized spacial score (nSPS) is 14.8. The topological polar surface area (TPSA) is 84.1 Å². The summed E-state index contributed by atoms with van der Waals surface area (Å²) in [6.07, 6.45) is 3.43. The first-order valence-electron chi connectivity index (χ1n) is 4.60. The number of nitrogens with zero attached hydrogens (tertiary/aromatic N) is 2. The second-order valence-corrected chi connectivity index (χ2v) is 3.46. The van der Waals surface area contributed by atoms with Crippen LogP contribution in [0, 0.1) is 0 Å². The number of rotatable bonds is 4. The van der Waals surface area contributed by atoms with Crippen LogP contribution in [0.2, 0.25) is 0 Å². The fourth-order valence-corrected chi connectivity index (χ4v) is 1.27. The van der Waals surface area contributed by atoms with Crippen LogP contribution in [0.5, 0.6) is 0 Å². The maximum absolute atomic E-state index is 9.15. The standard InChI is InChI=1S/C9H16N4O/c1-6(3-7(2)14)12-9-5-11-4-8(10)13-9/h4-7,14H,3H2,1-2H3,(H3,10,12,13). The fraction of sp³-hybridized carbons (Fsp3) is 0.556. The number of aliphatic hydroxyl groups is 1. The van der Waals surface area contributed by atoms with Gasteiger partial charge in [-0.2, -0.15) is 0 Å².